The minimum Gasteiger partial charge on any atom is -0.423 e. The van der Waals surface area contributed by atoms with Gasteiger partial charge in [0, 0.05) is 5.46 Å². The second kappa shape index (κ2) is 3.67. The van der Waals surface area contributed by atoms with Crippen LogP contribution in [0.1, 0.15) is 5.56 Å². The van der Waals surface area contributed by atoms with E-state index in [1.807, 2.05) is 0 Å². The topological polar surface area (TPSA) is 40.5 Å². The Morgan fingerprint density at radius 2 is 1.83 bits per heavy atom. The van der Waals surface area contributed by atoms with Crippen LogP contribution in [-0.4, -0.2) is 17.2 Å². The van der Waals surface area contributed by atoms with Crippen molar-refractivity contribution in [1.82, 2.24) is 0 Å². The Bertz CT molecular complexity index is 302. The van der Waals surface area contributed by atoms with Gasteiger partial charge in [-0.25, -0.2) is 0 Å². The lowest BCUT2D eigenvalue weighted by molar-refractivity contribution is 0.426. The molecule has 0 aliphatic heterocycles. The third-order valence-electron chi connectivity index (χ3n) is 1.48. The summed E-state index contributed by atoms with van der Waals surface area (Å²) >= 11 is 11.4. The van der Waals surface area contributed by atoms with Crippen LogP contribution < -0.4 is 5.46 Å². The molecule has 0 heterocycles. The quantitative estimate of drug-likeness (QED) is 0.670. The Morgan fingerprint density at radius 1 is 1.25 bits per heavy atom. The largest absolute Gasteiger partial charge is 0.490 e. The van der Waals surface area contributed by atoms with E-state index in [-0.39, 0.29) is 10.5 Å². The van der Waals surface area contributed by atoms with Crippen molar-refractivity contribution in [2.45, 2.75) is 6.92 Å². The standard InChI is InChI=1S/C7H7BCl2O2/c1-4-2-5(8(11)12)7(10)6(9)3-4/h2-3,11-12H,1H3. The van der Waals surface area contributed by atoms with Crippen molar-refractivity contribution in [1.29, 1.82) is 0 Å². The summed E-state index contributed by atoms with van der Waals surface area (Å²) in [7, 11) is -1.57. The molecule has 0 aliphatic rings. The second-order valence-corrected chi connectivity index (χ2v) is 3.31. The molecule has 0 radical (unpaired) electrons. The van der Waals surface area contributed by atoms with Crippen LogP contribution in [0.15, 0.2) is 12.1 Å². The molecule has 1 aromatic rings. The van der Waals surface area contributed by atoms with Crippen LogP contribution in [0.25, 0.3) is 0 Å². The SMILES string of the molecule is Cc1cc(Cl)c(Cl)c(B(O)O)c1. The van der Waals surface area contributed by atoms with Gasteiger partial charge in [-0.1, -0.05) is 29.3 Å². The highest BCUT2D eigenvalue weighted by Gasteiger charge is 2.17. The van der Waals surface area contributed by atoms with Crippen LogP contribution in [0.2, 0.25) is 10.0 Å². The van der Waals surface area contributed by atoms with E-state index in [1.165, 1.54) is 0 Å². The predicted molar refractivity (Wildman–Crippen MR) is 51.0 cm³/mol. The Labute approximate surface area is 80.9 Å². The Balaban J connectivity index is 3.28. The normalized spacial score (nSPS) is 10.1. The molecule has 0 aromatic heterocycles. The van der Waals surface area contributed by atoms with Gasteiger partial charge in [-0.3, -0.25) is 0 Å². The number of hydrogen-bond donors (Lipinski definition) is 2. The number of aryl methyl sites for hydroxylation is 1. The molecule has 1 aromatic carbocycles. The summed E-state index contributed by atoms with van der Waals surface area (Å²) < 4.78 is 0. The van der Waals surface area contributed by atoms with Crippen molar-refractivity contribution in [2.75, 3.05) is 0 Å². The molecule has 0 amide bonds. The zero-order valence-electron chi connectivity index (χ0n) is 6.38. The minimum absolute atomic E-state index is 0.192. The molecule has 0 unspecified atom stereocenters. The van der Waals surface area contributed by atoms with Crippen LogP contribution in [0.4, 0.5) is 0 Å². The van der Waals surface area contributed by atoms with E-state index in [9.17, 15) is 0 Å². The first-order valence-electron chi connectivity index (χ1n) is 3.34. The van der Waals surface area contributed by atoms with E-state index in [0.29, 0.717) is 5.02 Å². The average molecular weight is 205 g/mol. The minimum atomic E-state index is -1.57. The van der Waals surface area contributed by atoms with Gasteiger partial charge in [-0.15, -0.1) is 0 Å². The maximum absolute atomic E-state index is 8.87. The molecule has 0 fully saturated rings. The van der Waals surface area contributed by atoms with E-state index in [0.717, 1.165) is 5.56 Å². The fourth-order valence-electron chi connectivity index (χ4n) is 0.939. The maximum Gasteiger partial charge on any atom is 0.490 e. The van der Waals surface area contributed by atoms with Gasteiger partial charge in [0.15, 0.2) is 0 Å². The van der Waals surface area contributed by atoms with Gasteiger partial charge in [-0.05, 0) is 18.6 Å². The van der Waals surface area contributed by atoms with E-state index in [2.05, 4.69) is 0 Å². The number of hydrogen-bond acceptors (Lipinski definition) is 2. The van der Waals surface area contributed by atoms with Gasteiger partial charge in [0.1, 0.15) is 0 Å². The molecule has 0 spiro atoms. The van der Waals surface area contributed by atoms with Gasteiger partial charge < -0.3 is 10.0 Å². The molecule has 1 rings (SSSR count). The highest BCUT2D eigenvalue weighted by Crippen LogP contribution is 2.20. The Hall–Kier alpha value is -0.215. The first kappa shape index (κ1) is 9.87. The van der Waals surface area contributed by atoms with E-state index < -0.39 is 7.12 Å². The van der Waals surface area contributed by atoms with Crippen LogP contribution in [0.3, 0.4) is 0 Å². The van der Waals surface area contributed by atoms with Crippen molar-refractivity contribution in [3.63, 3.8) is 0 Å². The molecular formula is C7H7BCl2O2. The smallest absolute Gasteiger partial charge is 0.423 e. The summed E-state index contributed by atoms with van der Waals surface area (Å²) in [4.78, 5) is 0. The molecule has 12 heavy (non-hydrogen) atoms. The second-order valence-electron chi connectivity index (χ2n) is 2.52. The summed E-state index contributed by atoms with van der Waals surface area (Å²) in [6, 6.07) is 3.24. The van der Waals surface area contributed by atoms with Gasteiger partial charge in [-0.2, -0.15) is 0 Å². The fourth-order valence-corrected chi connectivity index (χ4v) is 1.43. The predicted octanol–water partition coefficient (Wildman–Crippen LogP) is 0.982. The third-order valence-corrected chi connectivity index (χ3v) is 2.30. The summed E-state index contributed by atoms with van der Waals surface area (Å²) in [6.45, 7) is 1.80. The highest BCUT2D eigenvalue weighted by molar-refractivity contribution is 6.64. The lowest BCUT2D eigenvalue weighted by Gasteiger charge is -2.05. The highest BCUT2D eigenvalue weighted by atomic mass is 35.5. The fraction of sp³-hybridized carbons (Fsp3) is 0.143. The first-order chi connectivity index (χ1) is 5.52. The lowest BCUT2D eigenvalue weighted by atomic mass is 9.79. The molecule has 0 atom stereocenters. The van der Waals surface area contributed by atoms with Crippen molar-refractivity contribution in [3.05, 3.63) is 27.7 Å². The molecule has 0 bridgehead atoms. The summed E-state index contributed by atoms with van der Waals surface area (Å²) in [6.07, 6.45) is 0. The Morgan fingerprint density at radius 3 is 2.33 bits per heavy atom. The lowest BCUT2D eigenvalue weighted by Crippen LogP contribution is -2.31. The van der Waals surface area contributed by atoms with E-state index in [1.54, 1.807) is 19.1 Å². The summed E-state index contributed by atoms with van der Waals surface area (Å²) in [5, 5.41) is 18.3. The third kappa shape index (κ3) is 1.93. The van der Waals surface area contributed by atoms with Crippen LogP contribution in [-0.2, 0) is 0 Å². The molecule has 0 saturated carbocycles. The molecule has 0 saturated heterocycles. The molecule has 5 heteroatoms. The summed E-state index contributed by atoms with van der Waals surface area (Å²) in [5.41, 5.74) is 1.08. The van der Waals surface area contributed by atoms with Gasteiger partial charge in [0.2, 0.25) is 0 Å². The molecule has 64 valence electrons. The summed E-state index contributed by atoms with van der Waals surface area (Å²) in [5.74, 6) is 0. The first-order valence-corrected chi connectivity index (χ1v) is 4.09. The maximum atomic E-state index is 8.87. The van der Waals surface area contributed by atoms with Crippen LogP contribution in [0, 0.1) is 6.92 Å². The van der Waals surface area contributed by atoms with Crippen LogP contribution >= 0.6 is 23.2 Å². The molecule has 0 aliphatic carbocycles. The zero-order valence-corrected chi connectivity index (χ0v) is 7.89. The van der Waals surface area contributed by atoms with E-state index in [4.69, 9.17) is 33.2 Å². The van der Waals surface area contributed by atoms with Crippen molar-refractivity contribution in [2.24, 2.45) is 0 Å². The number of halogens is 2. The molecule has 2 N–H and O–H groups in total. The van der Waals surface area contributed by atoms with Crippen molar-refractivity contribution < 1.29 is 10.0 Å². The van der Waals surface area contributed by atoms with Gasteiger partial charge >= 0.3 is 7.12 Å². The van der Waals surface area contributed by atoms with Crippen molar-refractivity contribution in [3.8, 4) is 0 Å². The van der Waals surface area contributed by atoms with Gasteiger partial charge in [0.05, 0.1) is 10.0 Å². The molecule has 2 nitrogen and oxygen atoms in total. The van der Waals surface area contributed by atoms with Gasteiger partial charge in [0.25, 0.3) is 0 Å². The average Bonchev–Trinajstić information content (AvgIpc) is 1.96. The number of benzene rings is 1. The number of rotatable bonds is 1. The zero-order chi connectivity index (χ0) is 9.30. The van der Waals surface area contributed by atoms with E-state index >= 15 is 0 Å². The Kier molecular flexibility index (Phi) is 3.01. The monoisotopic (exact) mass is 204 g/mol. The van der Waals surface area contributed by atoms with Crippen LogP contribution in [0.5, 0.6) is 0 Å². The van der Waals surface area contributed by atoms with Crippen molar-refractivity contribution >= 4 is 35.8 Å². The molecular weight excluding hydrogens is 198 g/mol.